The molecular formula is C14H25NO. The lowest BCUT2D eigenvalue weighted by Crippen LogP contribution is -2.34. The summed E-state index contributed by atoms with van der Waals surface area (Å²) in [6.07, 6.45) is 11.4. The average Bonchev–Trinajstić information content (AvgIpc) is 3.11. The van der Waals surface area contributed by atoms with Crippen LogP contribution in [0.1, 0.15) is 64.7 Å². The summed E-state index contributed by atoms with van der Waals surface area (Å²) in [6.45, 7) is 2.15. The van der Waals surface area contributed by atoms with E-state index in [-0.39, 0.29) is 5.91 Å². The van der Waals surface area contributed by atoms with Gasteiger partial charge >= 0.3 is 0 Å². The highest BCUT2D eigenvalue weighted by Gasteiger charge is 2.28. The topological polar surface area (TPSA) is 29.1 Å². The van der Waals surface area contributed by atoms with Crippen molar-refractivity contribution in [1.82, 2.24) is 5.32 Å². The fourth-order valence-corrected chi connectivity index (χ4v) is 2.85. The minimum Gasteiger partial charge on any atom is -0.353 e. The summed E-state index contributed by atoms with van der Waals surface area (Å²) in [5.74, 6) is 1.89. The highest BCUT2D eigenvalue weighted by molar-refractivity contribution is 5.76. The molecule has 0 aromatic heterocycles. The molecule has 1 atom stereocenters. The van der Waals surface area contributed by atoms with Gasteiger partial charge in [-0.25, -0.2) is 0 Å². The lowest BCUT2D eigenvalue weighted by atomic mass is 9.86. The normalized spacial score (nSPS) is 24.1. The SMILES string of the molecule is CC(NC(=O)CCC1CCCCC1)C1CC1. The van der Waals surface area contributed by atoms with Gasteiger partial charge in [0.2, 0.25) is 5.91 Å². The Labute approximate surface area is 99.2 Å². The molecule has 2 fully saturated rings. The number of nitrogens with one attached hydrogen (secondary N) is 1. The van der Waals surface area contributed by atoms with Crippen molar-refractivity contribution in [1.29, 1.82) is 0 Å². The molecule has 2 saturated carbocycles. The van der Waals surface area contributed by atoms with Crippen molar-refractivity contribution >= 4 is 5.91 Å². The second kappa shape index (κ2) is 5.70. The molecule has 0 spiro atoms. The molecule has 2 heteroatoms. The van der Waals surface area contributed by atoms with Crippen molar-refractivity contribution in [2.75, 3.05) is 0 Å². The molecule has 2 nitrogen and oxygen atoms in total. The molecule has 2 aliphatic rings. The first-order valence-corrected chi connectivity index (χ1v) is 7.05. The fraction of sp³-hybridized carbons (Fsp3) is 0.929. The van der Waals surface area contributed by atoms with E-state index in [9.17, 15) is 4.79 Å². The van der Waals surface area contributed by atoms with Crippen LogP contribution in [-0.2, 0) is 4.79 Å². The molecule has 0 bridgehead atoms. The molecule has 2 aliphatic carbocycles. The number of hydrogen-bond donors (Lipinski definition) is 1. The zero-order valence-corrected chi connectivity index (χ0v) is 10.5. The lowest BCUT2D eigenvalue weighted by Gasteiger charge is -2.21. The van der Waals surface area contributed by atoms with E-state index in [2.05, 4.69) is 12.2 Å². The maximum absolute atomic E-state index is 11.7. The van der Waals surface area contributed by atoms with Gasteiger partial charge in [-0.2, -0.15) is 0 Å². The van der Waals surface area contributed by atoms with Gasteiger partial charge in [0.05, 0.1) is 0 Å². The van der Waals surface area contributed by atoms with Gasteiger partial charge in [-0.05, 0) is 38.0 Å². The maximum atomic E-state index is 11.7. The number of hydrogen-bond acceptors (Lipinski definition) is 1. The van der Waals surface area contributed by atoms with Gasteiger partial charge in [-0.1, -0.05) is 32.1 Å². The monoisotopic (exact) mass is 223 g/mol. The van der Waals surface area contributed by atoms with Crippen LogP contribution in [0.2, 0.25) is 0 Å². The zero-order chi connectivity index (χ0) is 11.4. The van der Waals surface area contributed by atoms with Crippen molar-refractivity contribution in [3.63, 3.8) is 0 Å². The minimum absolute atomic E-state index is 0.282. The largest absolute Gasteiger partial charge is 0.353 e. The second-order valence-corrected chi connectivity index (χ2v) is 5.74. The van der Waals surface area contributed by atoms with Gasteiger partial charge in [0.25, 0.3) is 0 Å². The number of carbonyl (C=O) groups excluding carboxylic acids is 1. The lowest BCUT2D eigenvalue weighted by molar-refractivity contribution is -0.122. The molecule has 0 aromatic rings. The van der Waals surface area contributed by atoms with E-state index < -0.39 is 0 Å². The van der Waals surface area contributed by atoms with E-state index in [0.717, 1.165) is 24.7 Å². The molecule has 92 valence electrons. The Balaban J connectivity index is 1.58. The Morgan fingerprint density at radius 3 is 2.50 bits per heavy atom. The van der Waals surface area contributed by atoms with Crippen molar-refractivity contribution in [2.24, 2.45) is 11.8 Å². The van der Waals surface area contributed by atoms with Crippen molar-refractivity contribution < 1.29 is 4.79 Å². The first kappa shape index (κ1) is 11.9. The van der Waals surface area contributed by atoms with Crippen LogP contribution in [0.3, 0.4) is 0 Å². The summed E-state index contributed by atoms with van der Waals surface area (Å²) in [4.78, 5) is 11.7. The molecule has 16 heavy (non-hydrogen) atoms. The molecular weight excluding hydrogens is 198 g/mol. The maximum Gasteiger partial charge on any atom is 0.220 e. The number of rotatable bonds is 5. The van der Waals surface area contributed by atoms with Crippen LogP contribution in [0.25, 0.3) is 0 Å². The van der Waals surface area contributed by atoms with Crippen LogP contribution in [0.15, 0.2) is 0 Å². The fourth-order valence-electron chi connectivity index (χ4n) is 2.85. The van der Waals surface area contributed by atoms with Gasteiger partial charge in [0, 0.05) is 12.5 Å². The Bertz CT molecular complexity index is 229. The third-order valence-electron chi connectivity index (χ3n) is 4.22. The Kier molecular flexibility index (Phi) is 4.25. The Morgan fingerprint density at radius 1 is 1.19 bits per heavy atom. The van der Waals surface area contributed by atoms with Gasteiger partial charge in [-0.15, -0.1) is 0 Å². The standard InChI is InChI=1S/C14H25NO/c1-11(13-8-9-13)15-14(16)10-7-12-5-3-2-4-6-12/h11-13H,2-10H2,1H3,(H,15,16). The average molecular weight is 223 g/mol. The second-order valence-electron chi connectivity index (χ2n) is 5.74. The predicted molar refractivity (Wildman–Crippen MR) is 66.1 cm³/mol. The molecule has 0 aliphatic heterocycles. The van der Waals surface area contributed by atoms with E-state index in [4.69, 9.17) is 0 Å². The minimum atomic E-state index is 0.282. The van der Waals surface area contributed by atoms with E-state index in [0.29, 0.717) is 6.04 Å². The quantitative estimate of drug-likeness (QED) is 0.761. The van der Waals surface area contributed by atoms with Gasteiger partial charge in [0.15, 0.2) is 0 Å². The van der Waals surface area contributed by atoms with Crippen LogP contribution >= 0.6 is 0 Å². The third-order valence-corrected chi connectivity index (χ3v) is 4.22. The third kappa shape index (κ3) is 3.80. The van der Waals surface area contributed by atoms with Crippen LogP contribution in [0, 0.1) is 11.8 Å². The molecule has 2 rings (SSSR count). The highest BCUT2D eigenvalue weighted by atomic mass is 16.1. The van der Waals surface area contributed by atoms with Crippen LogP contribution in [0.4, 0.5) is 0 Å². The number of carbonyl (C=O) groups is 1. The van der Waals surface area contributed by atoms with Crippen LogP contribution in [0.5, 0.6) is 0 Å². The van der Waals surface area contributed by atoms with E-state index in [1.165, 1.54) is 44.9 Å². The van der Waals surface area contributed by atoms with Crippen molar-refractivity contribution in [3.8, 4) is 0 Å². The first-order chi connectivity index (χ1) is 7.75. The van der Waals surface area contributed by atoms with E-state index in [1.54, 1.807) is 0 Å². The molecule has 1 amide bonds. The van der Waals surface area contributed by atoms with E-state index in [1.807, 2.05) is 0 Å². The summed E-state index contributed by atoms with van der Waals surface area (Å²) in [6, 6.07) is 0.416. The zero-order valence-electron chi connectivity index (χ0n) is 10.5. The summed E-state index contributed by atoms with van der Waals surface area (Å²) in [7, 11) is 0. The van der Waals surface area contributed by atoms with Crippen LogP contribution in [-0.4, -0.2) is 11.9 Å². The Hall–Kier alpha value is -0.530. The van der Waals surface area contributed by atoms with Crippen molar-refractivity contribution in [2.45, 2.75) is 70.8 Å². The molecule has 0 heterocycles. The predicted octanol–water partition coefficient (Wildman–Crippen LogP) is 3.26. The summed E-state index contributed by atoms with van der Waals surface area (Å²) in [5, 5.41) is 3.14. The van der Waals surface area contributed by atoms with Gasteiger partial charge < -0.3 is 5.32 Å². The molecule has 1 unspecified atom stereocenters. The van der Waals surface area contributed by atoms with Gasteiger partial charge in [0.1, 0.15) is 0 Å². The molecule has 0 saturated heterocycles. The smallest absolute Gasteiger partial charge is 0.220 e. The van der Waals surface area contributed by atoms with Crippen molar-refractivity contribution in [3.05, 3.63) is 0 Å². The molecule has 0 aromatic carbocycles. The molecule has 0 radical (unpaired) electrons. The van der Waals surface area contributed by atoms with Crippen LogP contribution < -0.4 is 5.32 Å². The summed E-state index contributed by atoms with van der Waals surface area (Å²) >= 11 is 0. The summed E-state index contributed by atoms with van der Waals surface area (Å²) in [5.41, 5.74) is 0. The Morgan fingerprint density at radius 2 is 1.88 bits per heavy atom. The number of amides is 1. The highest BCUT2D eigenvalue weighted by Crippen LogP contribution is 2.32. The van der Waals surface area contributed by atoms with E-state index >= 15 is 0 Å². The molecule has 1 N–H and O–H groups in total. The van der Waals surface area contributed by atoms with Gasteiger partial charge in [-0.3, -0.25) is 4.79 Å². The summed E-state index contributed by atoms with van der Waals surface area (Å²) < 4.78 is 0. The first-order valence-electron chi connectivity index (χ1n) is 7.05.